The van der Waals surface area contributed by atoms with Crippen LogP contribution in [0.15, 0.2) is 64.0 Å². The van der Waals surface area contributed by atoms with Crippen molar-refractivity contribution in [3.8, 4) is 43.4 Å². The number of amides is 6. The van der Waals surface area contributed by atoms with Crippen LogP contribution in [0.5, 0.6) is 0 Å². The molecule has 7 aromatic heterocycles. The molecule has 1 unspecified atom stereocenters. The first-order valence-electron chi connectivity index (χ1n) is 25.3. The molecular formula is C53H53N13O9S6. The minimum atomic E-state index is -0.976. The number of methoxy groups -OCH3 is 1. The zero-order chi connectivity index (χ0) is 57.3. The molecule has 0 radical (unpaired) electrons. The lowest BCUT2D eigenvalue weighted by atomic mass is 10.0. The van der Waals surface area contributed by atoms with Gasteiger partial charge in [-0.25, -0.2) is 34.9 Å². The topological polar surface area (TPSA) is 303 Å². The average molecular weight is 1210 g/mol. The monoisotopic (exact) mass is 1210 g/mol. The van der Waals surface area contributed by atoms with E-state index in [4.69, 9.17) is 44.7 Å². The number of ether oxygens (including phenoxy) is 1. The van der Waals surface area contributed by atoms with Gasteiger partial charge in [0, 0.05) is 59.1 Å². The summed E-state index contributed by atoms with van der Waals surface area (Å²) < 4.78 is 5.46. The number of carbonyl (C=O) groups is 7. The standard InChI is InChI=1S/C53H53N13O9S6/c1-26(2)41-53-65-44(36(81-53)20-75-5)46(73)55-19-39(69)56-31(17-28-11-7-6-8-12-28)50-61-35(23-78-50)51-59-33(21-77-51)43-29(14-15-30(57-43)49-62-37(24-79-49)66(25-67)16-10-9-13-40(70)71)48-60-34(22-76-48)45(72)58-32(18-38(68)54-4)52-64-42(27(3)80-52)47(74)63-41/h6-8,11-12,14-15,21-26,31-32,41H,9-10,13,16-20H2,1-5H3,(H,54,68)(H,55,73)(H,56,69)(H,58,72)(H,63,74)(H,70,71)/t31-,32-,41?/m0/s1. The van der Waals surface area contributed by atoms with E-state index >= 15 is 0 Å². The number of benzene rings is 1. The number of carbonyl (C=O) groups excluding carboxylic acids is 6. The molecule has 6 N–H and O–H groups in total. The molecule has 420 valence electrons. The van der Waals surface area contributed by atoms with Crippen LogP contribution in [0, 0.1) is 12.8 Å². The second kappa shape index (κ2) is 26.3. The summed E-state index contributed by atoms with van der Waals surface area (Å²) in [7, 11) is 2.97. The average Bonchev–Trinajstić information content (AvgIpc) is 4.42. The number of aliphatic carboxylic acids is 1. The number of nitrogens with one attached hydrogen (secondary N) is 5. The molecule has 10 bridgehead atoms. The number of hydrogen-bond acceptors (Lipinski definition) is 21. The highest BCUT2D eigenvalue weighted by Crippen LogP contribution is 2.39. The molecule has 3 atom stereocenters. The zero-order valence-electron chi connectivity index (χ0n) is 44.1. The third kappa shape index (κ3) is 13.9. The Morgan fingerprint density at radius 1 is 0.741 bits per heavy atom. The normalized spacial score (nSPS) is 16.0. The van der Waals surface area contributed by atoms with Gasteiger partial charge in [-0.1, -0.05) is 44.2 Å². The first-order valence-corrected chi connectivity index (χ1v) is 30.4. The van der Waals surface area contributed by atoms with Crippen LogP contribution >= 0.6 is 68.0 Å². The molecule has 6 amide bonds. The van der Waals surface area contributed by atoms with Crippen molar-refractivity contribution in [1.82, 2.24) is 61.5 Å². The summed E-state index contributed by atoms with van der Waals surface area (Å²) >= 11 is 7.47. The SMILES string of the molecule is CNC(=O)C[C@@H]1NC(=O)c2csc(n2)-c2ccc(-c3nc(N(C=O)CCCCC(=O)O)cs3)nc2-c2csc(n2)-c2csc(n2)[C@H](Cc2ccccc2)NC(=O)CNC(=O)c2nc(sc2COC)C(C(C)C)NC(=O)c2nc1sc2C. The number of aryl methyl sites for hydroxylation is 1. The molecule has 0 fully saturated rings. The van der Waals surface area contributed by atoms with Gasteiger partial charge in [-0.05, 0) is 49.8 Å². The maximum atomic E-state index is 14.3. The highest BCUT2D eigenvalue weighted by molar-refractivity contribution is 7.15. The van der Waals surface area contributed by atoms with Gasteiger partial charge in [0.1, 0.15) is 70.0 Å². The summed E-state index contributed by atoms with van der Waals surface area (Å²) in [6.07, 6.45) is 1.66. The third-order valence-electron chi connectivity index (χ3n) is 12.6. The van der Waals surface area contributed by atoms with Crippen molar-refractivity contribution in [1.29, 1.82) is 0 Å². The number of carboxylic acid groups (broad SMARTS) is 1. The summed E-state index contributed by atoms with van der Waals surface area (Å²) in [4.78, 5) is 129. The number of anilines is 1. The maximum Gasteiger partial charge on any atom is 0.303 e. The first kappa shape index (κ1) is 58.1. The van der Waals surface area contributed by atoms with Crippen LogP contribution in [0.4, 0.5) is 5.82 Å². The van der Waals surface area contributed by atoms with Crippen LogP contribution in [0.25, 0.3) is 43.4 Å². The van der Waals surface area contributed by atoms with Crippen molar-refractivity contribution >= 4 is 116 Å². The molecule has 0 saturated heterocycles. The fourth-order valence-corrected chi connectivity index (χ4v) is 14.0. The number of rotatable bonds is 15. The number of nitrogens with zero attached hydrogens (tertiary/aromatic N) is 8. The highest BCUT2D eigenvalue weighted by atomic mass is 32.1. The van der Waals surface area contributed by atoms with Crippen LogP contribution in [-0.2, 0) is 36.9 Å². The Morgan fingerprint density at radius 2 is 1.47 bits per heavy atom. The van der Waals surface area contributed by atoms with Crippen LogP contribution in [0.1, 0.15) is 119 Å². The van der Waals surface area contributed by atoms with E-state index in [1.165, 1.54) is 75.7 Å². The van der Waals surface area contributed by atoms with E-state index in [2.05, 4.69) is 26.6 Å². The van der Waals surface area contributed by atoms with Crippen LogP contribution in [0.3, 0.4) is 0 Å². The number of thiazole rings is 6. The molecule has 9 rings (SSSR count). The molecule has 81 heavy (non-hydrogen) atoms. The van der Waals surface area contributed by atoms with Gasteiger partial charge in [0.25, 0.3) is 17.7 Å². The first-order chi connectivity index (χ1) is 39.1. The number of pyridine rings is 1. The van der Waals surface area contributed by atoms with Crippen molar-refractivity contribution < 1.29 is 43.4 Å². The number of aromatic nitrogens is 7. The Kier molecular flexibility index (Phi) is 18.9. The predicted octanol–water partition coefficient (Wildman–Crippen LogP) is 8.04. The van der Waals surface area contributed by atoms with Crippen molar-refractivity contribution in [2.45, 2.75) is 77.6 Å². The molecule has 28 heteroatoms. The number of hydrogen-bond donors (Lipinski definition) is 6. The van der Waals surface area contributed by atoms with E-state index in [0.29, 0.717) is 99.6 Å². The lowest BCUT2D eigenvalue weighted by Crippen LogP contribution is -2.39. The Morgan fingerprint density at radius 3 is 2.22 bits per heavy atom. The maximum absolute atomic E-state index is 14.3. The van der Waals surface area contributed by atoms with Crippen molar-refractivity contribution in [2.24, 2.45) is 5.92 Å². The smallest absolute Gasteiger partial charge is 0.303 e. The molecule has 1 aliphatic heterocycles. The van der Waals surface area contributed by atoms with Gasteiger partial charge < -0.3 is 36.4 Å². The minimum Gasteiger partial charge on any atom is -0.481 e. The van der Waals surface area contributed by atoms with E-state index in [0.717, 1.165) is 16.9 Å². The van der Waals surface area contributed by atoms with E-state index in [-0.39, 0.29) is 49.0 Å². The van der Waals surface area contributed by atoms with Crippen LogP contribution in [0.2, 0.25) is 0 Å². The lowest BCUT2D eigenvalue weighted by Gasteiger charge is -2.20. The number of fused-ring (bicyclic) bond motifs is 14. The molecule has 22 nitrogen and oxygen atoms in total. The summed E-state index contributed by atoms with van der Waals surface area (Å²) in [6, 6.07) is 10.9. The molecule has 8 heterocycles. The molecule has 0 spiro atoms. The van der Waals surface area contributed by atoms with Crippen LogP contribution < -0.4 is 31.5 Å². The fraction of sp³-hybridized carbons (Fsp3) is 0.321. The van der Waals surface area contributed by atoms with E-state index in [1.807, 2.05) is 54.9 Å². The number of carboxylic acids is 1. The quantitative estimate of drug-likeness (QED) is 0.0418. The molecular weight excluding hydrogens is 1160 g/mol. The second-order valence-corrected chi connectivity index (χ2v) is 24.5. The van der Waals surface area contributed by atoms with Crippen molar-refractivity contribution in [3.05, 3.63) is 111 Å². The Hall–Kier alpha value is -7.60. The Labute approximate surface area is 488 Å². The molecule has 8 aromatic rings. The summed E-state index contributed by atoms with van der Waals surface area (Å²) in [5.74, 6) is -3.38. The Bertz CT molecular complexity index is 3610. The van der Waals surface area contributed by atoms with Gasteiger partial charge >= 0.3 is 5.97 Å². The van der Waals surface area contributed by atoms with E-state index in [9.17, 15) is 33.6 Å². The predicted molar refractivity (Wildman–Crippen MR) is 311 cm³/mol. The van der Waals surface area contributed by atoms with E-state index in [1.54, 1.807) is 29.8 Å². The molecule has 1 aromatic carbocycles. The zero-order valence-corrected chi connectivity index (χ0v) is 49.0. The summed E-state index contributed by atoms with van der Waals surface area (Å²) in [6.45, 7) is 5.42. The summed E-state index contributed by atoms with van der Waals surface area (Å²) in [5, 5.41) is 33.3. The largest absolute Gasteiger partial charge is 0.481 e. The lowest BCUT2D eigenvalue weighted by molar-refractivity contribution is -0.137. The van der Waals surface area contributed by atoms with Gasteiger partial charge in [0.05, 0.1) is 48.3 Å². The minimum absolute atomic E-state index is 0.0191. The van der Waals surface area contributed by atoms with Gasteiger partial charge in [0.2, 0.25) is 18.2 Å². The Balaban J connectivity index is 1.11. The van der Waals surface area contributed by atoms with Gasteiger partial charge in [-0.2, -0.15) is 0 Å². The van der Waals surface area contributed by atoms with E-state index < -0.39 is 60.2 Å². The van der Waals surface area contributed by atoms with Gasteiger partial charge in [-0.3, -0.25) is 38.5 Å². The third-order valence-corrected chi connectivity index (χ3v) is 18.3. The van der Waals surface area contributed by atoms with Crippen molar-refractivity contribution in [2.75, 3.05) is 32.1 Å². The molecule has 0 saturated carbocycles. The van der Waals surface area contributed by atoms with Gasteiger partial charge in [-0.15, -0.1) is 68.0 Å². The summed E-state index contributed by atoms with van der Waals surface area (Å²) in [5.41, 5.74) is 3.47. The number of unbranched alkanes of at least 4 members (excludes halogenated alkanes) is 1. The second-order valence-electron chi connectivity index (χ2n) is 18.7. The van der Waals surface area contributed by atoms with Gasteiger partial charge in [0.15, 0.2) is 0 Å². The molecule has 0 aliphatic carbocycles. The van der Waals surface area contributed by atoms with Crippen molar-refractivity contribution in [3.63, 3.8) is 0 Å². The molecule has 1 aliphatic rings. The fourth-order valence-electron chi connectivity index (χ4n) is 8.46. The highest BCUT2D eigenvalue weighted by Gasteiger charge is 2.32. The van der Waals surface area contributed by atoms with Crippen LogP contribution in [-0.4, -0.2) is 109 Å².